The Morgan fingerprint density at radius 2 is 1.85 bits per heavy atom. The zero-order valence-electron chi connectivity index (χ0n) is 7.71. The van der Waals surface area contributed by atoms with Gasteiger partial charge in [-0.3, -0.25) is 9.59 Å². The summed E-state index contributed by atoms with van der Waals surface area (Å²) in [5.74, 6) is 0.301. The van der Waals surface area contributed by atoms with Gasteiger partial charge in [-0.05, 0) is 18.3 Å². The summed E-state index contributed by atoms with van der Waals surface area (Å²) in [6.07, 6.45) is 3.46. The molecule has 2 aliphatic rings. The number of ketones is 1. The molecular formula is C10H14NO2. The van der Waals surface area contributed by atoms with Crippen molar-refractivity contribution in [2.24, 2.45) is 5.41 Å². The Kier molecular flexibility index (Phi) is 1.90. The molecule has 1 radical (unpaired) electrons. The Morgan fingerprint density at radius 1 is 1.31 bits per heavy atom. The molecule has 0 aromatic heterocycles. The SMILES string of the molecule is [CH2]C(=O)N1CCC2(CC1)CC(=O)C2. The van der Waals surface area contributed by atoms with E-state index >= 15 is 0 Å². The third-order valence-electron chi connectivity index (χ3n) is 3.32. The van der Waals surface area contributed by atoms with Crippen molar-refractivity contribution in [2.45, 2.75) is 25.7 Å². The first kappa shape index (κ1) is 8.73. The summed E-state index contributed by atoms with van der Waals surface area (Å²) in [5.41, 5.74) is 0.267. The summed E-state index contributed by atoms with van der Waals surface area (Å²) in [6.45, 7) is 4.96. The molecule has 0 bridgehead atoms. The molecule has 2 fully saturated rings. The van der Waals surface area contributed by atoms with Crippen LogP contribution in [0.3, 0.4) is 0 Å². The van der Waals surface area contributed by atoms with Gasteiger partial charge in [0.15, 0.2) is 0 Å². The molecule has 2 rings (SSSR count). The predicted molar refractivity (Wildman–Crippen MR) is 47.8 cm³/mol. The van der Waals surface area contributed by atoms with Crippen molar-refractivity contribution in [3.63, 3.8) is 0 Å². The highest BCUT2D eigenvalue weighted by Crippen LogP contribution is 2.46. The maximum atomic E-state index is 10.9. The first-order valence-corrected chi connectivity index (χ1v) is 4.74. The number of Topliss-reactive ketones (excluding diaryl/α,β-unsaturated/α-hetero) is 1. The van der Waals surface area contributed by atoms with E-state index in [2.05, 4.69) is 6.92 Å². The van der Waals surface area contributed by atoms with Crippen molar-refractivity contribution >= 4 is 11.7 Å². The molecule has 1 saturated carbocycles. The summed E-state index contributed by atoms with van der Waals surface area (Å²) in [5, 5.41) is 0. The van der Waals surface area contributed by atoms with Crippen LogP contribution >= 0.6 is 0 Å². The Bertz CT molecular complexity index is 242. The lowest BCUT2D eigenvalue weighted by atomic mass is 9.62. The van der Waals surface area contributed by atoms with Gasteiger partial charge in [0.25, 0.3) is 0 Å². The third kappa shape index (κ3) is 1.47. The number of hydrogen-bond donors (Lipinski definition) is 0. The first-order valence-electron chi connectivity index (χ1n) is 4.74. The molecule has 1 heterocycles. The van der Waals surface area contributed by atoms with Crippen LogP contribution in [0.15, 0.2) is 0 Å². The quantitative estimate of drug-likeness (QED) is 0.552. The van der Waals surface area contributed by atoms with Gasteiger partial charge in [0.05, 0.1) is 0 Å². The maximum Gasteiger partial charge on any atom is 0.223 e. The lowest BCUT2D eigenvalue weighted by molar-refractivity contribution is -0.138. The van der Waals surface area contributed by atoms with Crippen LogP contribution in [0.1, 0.15) is 25.7 Å². The lowest BCUT2D eigenvalue weighted by Gasteiger charge is -2.46. The van der Waals surface area contributed by atoms with Crippen LogP contribution < -0.4 is 0 Å². The van der Waals surface area contributed by atoms with Crippen LogP contribution in [0.5, 0.6) is 0 Å². The van der Waals surface area contributed by atoms with Crippen LogP contribution in [0.2, 0.25) is 0 Å². The average Bonchev–Trinajstić information content (AvgIpc) is 2.03. The smallest absolute Gasteiger partial charge is 0.223 e. The highest BCUT2D eigenvalue weighted by atomic mass is 16.2. The van der Waals surface area contributed by atoms with Crippen molar-refractivity contribution in [3.8, 4) is 0 Å². The van der Waals surface area contributed by atoms with Crippen molar-refractivity contribution in [1.82, 2.24) is 4.90 Å². The molecule has 0 aromatic carbocycles. The Balaban J connectivity index is 1.90. The van der Waals surface area contributed by atoms with Gasteiger partial charge in [-0.25, -0.2) is 0 Å². The third-order valence-corrected chi connectivity index (χ3v) is 3.32. The molecule has 3 heteroatoms. The zero-order valence-corrected chi connectivity index (χ0v) is 7.71. The minimum Gasteiger partial charge on any atom is -0.343 e. The monoisotopic (exact) mass is 180 g/mol. The molecule has 0 unspecified atom stereocenters. The van der Waals surface area contributed by atoms with E-state index in [-0.39, 0.29) is 11.3 Å². The fourth-order valence-corrected chi connectivity index (χ4v) is 2.37. The number of rotatable bonds is 0. The number of hydrogen-bond acceptors (Lipinski definition) is 2. The number of nitrogens with zero attached hydrogens (tertiary/aromatic N) is 1. The average molecular weight is 180 g/mol. The standard InChI is InChI=1S/C10H14NO2/c1-8(12)11-4-2-10(3-5-11)6-9(13)7-10/h1-7H2. The second kappa shape index (κ2) is 2.82. The van der Waals surface area contributed by atoms with Crippen LogP contribution in [0, 0.1) is 12.3 Å². The highest BCUT2D eigenvalue weighted by molar-refractivity contribution is 5.86. The molecule has 1 amide bonds. The van der Waals surface area contributed by atoms with Gasteiger partial charge in [-0.1, -0.05) is 0 Å². The van der Waals surface area contributed by atoms with E-state index in [1.165, 1.54) is 0 Å². The van der Waals surface area contributed by atoms with E-state index in [9.17, 15) is 9.59 Å². The van der Waals surface area contributed by atoms with E-state index in [0.717, 1.165) is 38.8 Å². The number of piperidine rings is 1. The molecule has 0 atom stereocenters. The predicted octanol–water partition coefficient (Wildman–Crippen LogP) is 0.792. The van der Waals surface area contributed by atoms with Crippen molar-refractivity contribution in [1.29, 1.82) is 0 Å². The second-order valence-electron chi connectivity index (χ2n) is 4.27. The van der Waals surface area contributed by atoms with Crippen LogP contribution in [0.25, 0.3) is 0 Å². The second-order valence-corrected chi connectivity index (χ2v) is 4.27. The Morgan fingerprint density at radius 3 is 2.23 bits per heavy atom. The zero-order chi connectivity index (χ0) is 9.47. The molecule has 1 saturated heterocycles. The highest BCUT2D eigenvalue weighted by Gasteiger charge is 2.45. The molecule has 71 valence electrons. The van der Waals surface area contributed by atoms with Gasteiger partial charge in [-0.2, -0.15) is 0 Å². The van der Waals surface area contributed by atoms with Crippen molar-refractivity contribution in [2.75, 3.05) is 13.1 Å². The summed E-state index contributed by atoms with van der Waals surface area (Å²) >= 11 is 0. The van der Waals surface area contributed by atoms with E-state index < -0.39 is 0 Å². The molecule has 1 aliphatic heterocycles. The first-order chi connectivity index (χ1) is 6.11. The molecule has 0 N–H and O–H groups in total. The topological polar surface area (TPSA) is 37.4 Å². The molecular weight excluding hydrogens is 166 g/mol. The molecule has 0 aromatic rings. The molecule has 3 nitrogen and oxygen atoms in total. The van der Waals surface area contributed by atoms with Crippen LogP contribution in [0.4, 0.5) is 0 Å². The molecule has 1 aliphatic carbocycles. The molecule has 1 spiro atoms. The van der Waals surface area contributed by atoms with Gasteiger partial charge in [0.1, 0.15) is 5.78 Å². The lowest BCUT2D eigenvalue weighted by Crippen LogP contribution is -2.48. The number of amides is 1. The van der Waals surface area contributed by atoms with Gasteiger partial charge in [0, 0.05) is 32.9 Å². The Labute approximate surface area is 78.1 Å². The van der Waals surface area contributed by atoms with E-state index in [0.29, 0.717) is 5.78 Å². The fraction of sp³-hybridized carbons (Fsp3) is 0.700. The largest absolute Gasteiger partial charge is 0.343 e. The fourth-order valence-electron chi connectivity index (χ4n) is 2.37. The van der Waals surface area contributed by atoms with E-state index in [1.807, 2.05) is 0 Å². The maximum absolute atomic E-state index is 10.9. The summed E-state index contributed by atoms with van der Waals surface area (Å²) in [7, 11) is 0. The number of likely N-dealkylation sites (tertiary alicyclic amines) is 1. The number of carbonyl (C=O) groups excluding carboxylic acids is 2. The van der Waals surface area contributed by atoms with Crippen LogP contribution in [-0.4, -0.2) is 29.7 Å². The van der Waals surface area contributed by atoms with Gasteiger partial charge in [-0.15, -0.1) is 0 Å². The minimum absolute atomic E-state index is 0.0829. The summed E-state index contributed by atoms with van der Waals surface area (Å²) < 4.78 is 0. The Hall–Kier alpha value is -0.860. The summed E-state index contributed by atoms with van der Waals surface area (Å²) in [6, 6.07) is 0. The molecule has 13 heavy (non-hydrogen) atoms. The van der Waals surface area contributed by atoms with Crippen molar-refractivity contribution in [3.05, 3.63) is 6.92 Å². The van der Waals surface area contributed by atoms with E-state index in [1.54, 1.807) is 4.90 Å². The summed E-state index contributed by atoms with van der Waals surface area (Å²) in [4.78, 5) is 23.6. The van der Waals surface area contributed by atoms with Crippen molar-refractivity contribution < 1.29 is 9.59 Å². The van der Waals surface area contributed by atoms with Crippen LogP contribution in [-0.2, 0) is 9.59 Å². The van der Waals surface area contributed by atoms with Gasteiger partial charge in [0.2, 0.25) is 5.91 Å². The van der Waals surface area contributed by atoms with E-state index in [4.69, 9.17) is 0 Å². The van der Waals surface area contributed by atoms with Gasteiger partial charge < -0.3 is 4.90 Å². The van der Waals surface area contributed by atoms with Gasteiger partial charge >= 0.3 is 0 Å². The minimum atomic E-state index is -0.0829. The number of carbonyl (C=O) groups is 2. The normalized spacial score (nSPS) is 25.9.